The van der Waals surface area contributed by atoms with Crippen molar-refractivity contribution < 1.29 is 0 Å². The van der Waals surface area contributed by atoms with E-state index in [1.165, 1.54) is 58.3 Å². The fourth-order valence-corrected chi connectivity index (χ4v) is 3.14. The molecule has 2 saturated heterocycles. The van der Waals surface area contributed by atoms with E-state index in [-0.39, 0.29) is 0 Å². The SMILES string of the molecule is C=C(Cl)CN1CCC(N2CCCCC2)CC1. The van der Waals surface area contributed by atoms with Crippen molar-refractivity contribution in [2.24, 2.45) is 0 Å². The van der Waals surface area contributed by atoms with Gasteiger partial charge in [0.15, 0.2) is 0 Å². The van der Waals surface area contributed by atoms with Gasteiger partial charge in [-0.3, -0.25) is 4.90 Å². The van der Waals surface area contributed by atoms with Crippen LogP contribution in [-0.4, -0.2) is 48.6 Å². The maximum absolute atomic E-state index is 5.85. The molecule has 0 aliphatic carbocycles. The summed E-state index contributed by atoms with van der Waals surface area (Å²) in [5.74, 6) is 0. The predicted molar refractivity (Wildman–Crippen MR) is 69.9 cm³/mol. The van der Waals surface area contributed by atoms with E-state index in [1.54, 1.807) is 0 Å². The molecule has 0 unspecified atom stereocenters. The highest BCUT2D eigenvalue weighted by Crippen LogP contribution is 2.21. The second kappa shape index (κ2) is 6.04. The van der Waals surface area contributed by atoms with Crippen LogP contribution in [0.5, 0.6) is 0 Å². The van der Waals surface area contributed by atoms with Crippen molar-refractivity contribution >= 4 is 11.6 Å². The quantitative estimate of drug-likeness (QED) is 0.751. The van der Waals surface area contributed by atoms with Crippen LogP contribution >= 0.6 is 11.6 Å². The highest BCUT2D eigenvalue weighted by atomic mass is 35.5. The number of likely N-dealkylation sites (tertiary alicyclic amines) is 2. The Morgan fingerprint density at radius 1 is 1.06 bits per heavy atom. The van der Waals surface area contributed by atoms with E-state index >= 15 is 0 Å². The zero-order valence-corrected chi connectivity index (χ0v) is 10.9. The van der Waals surface area contributed by atoms with Crippen LogP contribution in [0.3, 0.4) is 0 Å². The van der Waals surface area contributed by atoms with Crippen molar-refractivity contribution in [3.8, 4) is 0 Å². The molecule has 2 aliphatic rings. The Balaban J connectivity index is 1.73. The summed E-state index contributed by atoms with van der Waals surface area (Å²) in [6.45, 7) is 9.67. The third-order valence-electron chi connectivity index (χ3n) is 3.86. The van der Waals surface area contributed by atoms with Crippen molar-refractivity contribution in [2.75, 3.05) is 32.7 Å². The van der Waals surface area contributed by atoms with Crippen molar-refractivity contribution in [3.63, 3.8) is 0 Å². The van der Waals surface area contributed by atoms with Gasteiger partial charge < -0.3 is 4.90 Å². The van der Waals surface area contributed by atoms with E-state index in [4.69, 9.17) is 11.6 Å². The maximum atomic E-state index is 5.85. The highest BCUT2D eigenvalue weighted by molar-refractivity contribution is 6.29. The van der Waals surface area contributed by atoms with Crippen molar-refractivity contribution in [3.05, 3.63) is 11.6 Å². The van der Waals surface area contributed by atoms with Crippen molar-refractivity contribution in [1.29, 1.82) is 0 Å². The van der Waals surface area contributed by atoms with Gasteiger partial charge in [0.1, 0.15) is 0 Å². The van der Waals surface area contributed by atoms with E-state index in [0.717, 1.165) is 17.6 Å². The Labute approximate surface area is 104 Å². The zero-order valence-electron chi connectivity index (χ0n) is 10.1. The van der Waals surface area contributed by atoms with Crippen LogP contribution in [-0.2, 0) is 0 Å². The Morgan fingerprint density at radius 2 is 1.69 bits per heavy atom. The van der Waals surface area contributed by atoms with Crippen LogP contribution in [0.4, 0.5) is 0 Å². The van der Waals surface area contributed by atoms with Gasteiger partial charge >= 0.3 is 0 Å². The summed E-state index contributed by atoms with van der Waals surface area (Å²) >= 11 is 5.85. The van der Waals surface area contributed by atoms with Crippen LogP contribution in [0.15, 0.2) is 11.6 Å². The zero-order chi connectivity index (χ0) is 11.4. The number of halogens is 1. The molecule has 0 N–H and O–H groups in total. The van der Waals surface area contributed by atoms with E-state index in [1.807, 2.05) is 0 Å². The fourth-order valence-electron chi connectivity index (χ4n) is 2.97. The van der Waals surface area contributed by atoms with Crippen molar-refractivity contribution in [2.45, 2.75) is 38.1 Å². The lowest BCUT2D eigenvalue weighted by atomic mass is 10.00. The predicted octanol–water partition coefficient (Wildman–Crippen LogP) is 2.69. The lowest BCUT2D eigenvalue weighted by Crippen LogP contribution is -2.46. The van der Waals surface area contributed by atoms with Gasteiger partial charge in [-0.25, -0.2) is 0 Å². The van der Waals surface area contributed by atoms with Crippen LogP contribution in [0.1, 0.15) is 32.1 Å². The molecule has 0 atom stereocenters. The minimum Gasteiger partial charge on any atom is -0.300 e. The molecular formula is C13H23ClN2. The Hall–Kier alpha value is -0.0500. The summed E-state index contributed by atoms with van der Waals surface area (Å²) in [4.78, 5) is 5.13. The van der Waals surface area contributed by atoms with Crippen molar-refractivity contribution in [1.82, 2.24) is 9.80 Å². The molecule has 0 aromatic carbocycles. The summed E-state index contributed by atoms with van der Waals surface area (Å²) in [5.41, 5.74) is 0. The third-order valence-corrected chi connectivity index (χ3v) is 3.98. The minimum atomic E-state index is 0.774. The van der Waals surface area contributed by atoms with E-state index in [9.17, 15) is 0 Å². The van der Waals surface area contributed by atoms with Crippen LogP contribution in [0, 0.1) is 0 Å². The van der Waals surface area contributed by atoms with E-state index in [0.29, 0.717) is 0 Å². The Morgan fingerprint density at radius 3 is 2.25 bits per heavy atom. The number of piperidine rings is 2. The normalized spacial score (nSPS) is 25.8. The van der Waals surface area contributed by atoms with Gasteiger partial charge in [0, 0.05) is 30.7 Å². The molecule has 16 heavy (non-hydrogen) atoms. The number of nitrogens with zero attached hydrogens (tertiary/aromatic N) is 2. The molecule has 0 spiro atoms. The first-order valence-electron chi connectivity index (χ1n) is 6.55. The molecule has 2 fully saturated rings. The van der Waals surface area contributed by atoms with Gasteiger partial charge in [0.05, 0.1) is 0 Å². The smallest absolute Gasteiger partial charge is 0.0335 e. The lowest BCUT2D eigenvalue weighted by molar-refractivity contribution is 0.0971. The number of hydrogen-bond acceptors (Lipinski definition) is 2. The molecule has 0 aromatic heterocycles. The summed E-state index contributed by atoms with van der Waals surface area (Å²) in [6.07, 6.45) is 6.85. The molecule has 0 saturated carbocycles. The molecular weight excluding hydrogens is 220 g/mol. The van der Waals surface area contributed by atoms with Gasteiger partial charge in [-0.05, 0) is 38.8 Å². The van der Waals surface area contributed by atoms with Gasteiger partial charge in [-0.1, -0.05) is 24.6 Å². The average Bonchev–Trinajstić information content (AvgIpc) is 2.30. The maximum Gasteiger partial charge on any atom is 0.0335 e. The summed E-state index contributed by atoms with van der Waals surface area (Å²) in [6, 6.07) is 0.833. The summed E-state index contributed by atoms with van der Waals surface area (Å²) in [7, 11) is 0. The summed E-state index contributed by atoms with van der Waals surface area (Å²) in [5, 5.41) is 0.774. The van der Waals surface area contributed by atoms with Gasteiger partial charge in [-0.2, -0.15) is 0 Å². The monoisotopic (exact) mass is 242 g/mol. The number of hydrogen-bond donors (Lipinski definition) is 0. The first-order valence-corrected chi connectivity index (χ1v) is 6.93. The van der Waals surface area contributed by atoms with Crippen LogP contribution in [0.25, 0.3) is 0 Å². The number of rotatable bonds is 3. The Kier molecular flexibility index (Phi) is 4.68. The van der Waals surface area contributed by atoms with Crippen LogP contribution in [0.2, 0.25) is 0 Å². The topological polar surface area (TPSA) is 6.48 Å². The summed E-state index contributed by atoms with van der Waals surface area (Å²) < 4.78 is 0. The van der Waals surface area contributed by atoms with Crippen LogP contribution < -0.4 is 0 Å². The molecule has 2 nitrogen and oxygen atoms in total. The molecule has 0 radical (unpaired) electrons. The molecule has 2 heterocycles. The van der Waals surface area contributed by atoms with Gasteiger partial charge in [-0.15, -0.1) is 0 Å². The first kappa shape index (κ1) is 12.4. The molecule has 0 bridgehead atoms. The largest absolute Gasteiger partial charge is 0.300 e. The lowest BCUT2D eigenvalue weighted by Gasteiger charge is -2.40. The van der Waals surface area contributed by atoms with Gasteiger partial charge in [0.25, 0.3) is 0 Å². The molecule has 0 amide bonds. The molecule has 0 aromatic rings. The minimum absolute atomic E-state index is 0.774. The second-order valence-electron chi connectivity index (χ2n) is 5.12. The molecule has 3 heteroatoms. The third kappa shape index (κ3) is 3.47. The highest BCUT2D eigenvalue weighted by Gasteiger charge is 2.25. The van der Waals surface area contributed by atoms with Gasteiger partial charge in [0.2, 0.25) is 0 Å². The average molecular weight is 243 g/mol. The fraction of sp³-hybridized carbons (Fsp3) is 0.846. The standard InChI is InChI=1S/C13H23ClN2/c1-12(14)11-15-9-5-13(6-10-15)16-7-3-2-4-8-16/h13H,1-11H2. The first-order chi connectivity index (χ1) is 7.75. The Bertz CT molecular complexity index is 228. The molecule has 92 valence electrons. The molecule has 2 rings (SSSR count). The van der Waals surface area contributed by atoms with E-state index in [2.05, 4.69) is 16.4 Å². The second-order valence-corrected chi connectivity index (χ2v) is 5.66. The van der Waals surface area contributed by atoms with E-state index < -0.39 is 0 Å². The molecule has 2 aliphatic heterocycles.